The molecule has 8 heteroatoms. The Kier molecular flexibility index (Phi) is 4.91. The molecule has 0 atom stereocenters. The fourth-order valence-electron chi connectivity index (χ4n) is 1.45. The zero-order chi connectivity index (χ0) is 14.7. The van der Waals surface area contributed by atoms with Gasteiger partial charge in [-0.15, -0.1) is 11.8 Å². The Labute approximate surface area is 131 Å². The van der Waals surface area contributed by atoms with Gasteiger partial charge in [0.1, 0.15) is 5.82 Å². The normalized spacial score (nSPS) is 10.6. The van der Waals surface area contributed by atoms with Gasteiger partial charge < -0.3 is 10.6 Å². The number of rotatable bonds is 4. The number of hydrogen-bond donors (Lipinski definition) is 1. The molecule has 5 nitrogen and oxygen atoms in total. The first-order valence-electron chi connectivity index (χ1n) is 5.72. The number of benzene rings is 1. The van der Waals surface area contributed by atoms with Crippen molar-refractivity contribution in [3.8, 4) is 0 Å². The van der Waals surface area contributed by atoms with Crippen molar-refractivity contribution < 1.29 is 0 Å². The van der Waals surface area contributed by atoms with E-state index in [2.05, 4.69) is 15.0 Å². The summed E-state index contributed by atoms with van der Waals surface area (Å²) in [7, 11) is 3.69. The molecule has 0 aliphatic carbocycles. The molecule has 0 spiro atoms. The van der Waals surface area contributed by atoms with E-state index in [0.29, 0.717) is 27.6 Å². The van der Waals surface area contributed by atoms with Crippen LogP contribution in [0, 0.1) is 0 Å². The molecule has 1 aromatic carbocycles. The summed E-state index contributed by atoms with van der Waals surface area (Å²) in [6, 6.07) is 5.39. The minimum Gasteiger partial charge on any atom is -0.368 e. The SMILES string of the molecule is CN(C)c1nc(N)nc(CSc2c(Cl)cccc2Cl)n1. The van der Waals surface area contributed by atoms with Crippen LogP contribution in [0.3, 0.4) is 0 Å². The van der Waals surface area contributed by atoms with Crippen LogP contribution < -0.4 is 10.6 Å². The highest BCUT2D eigenvalue weighted by Gasteiger charge is 2.10. The molecule has 2 rings (SSSR count). The van der Waals surface area contributed by atoms with Gasteiger partial charge >= 0.3 is 0 Å². The summed E-state index contributed by atoms with van der Waals surface area (Å²) in [6.07, 6.45) is 0. The van der Waals surface area contributed by atoms with Gasteiger partial charge in [0.05, 0.1) is 15.8 Å². The van der Waals surface area contributed by atoms with Gasteiger partial charge in [-0.2, -0.15) is 15.0 Å². The zero-order valence-electron chi connectivity index (χ0n) is 11.0. The maximum atomic E-state index is 6.12. The quantitative estimate of drug-likeness (QED) is 0.869. The monoisotopic (exact) mass is 329 g/mol. The van der Waals surface area contributed by atoms with Crippen molar-refractivity contribution >= 4 is 46.9 Å². The van der Waals surface area contributed by atoms with Crippen molar-refractivity contribution in [1.29, 1.82) is 0 Å². The van der Waals surface area contributed by atoms with Crippen LogP contribution in [0.4, 0.5) is 11.9 Å². The standard InChI is InChI=1S/C12H13Cl2N5S/c1-19(2)12-17-9(16-11(15)18-12)6-20-10-7(13)4-3-5-8(10)14/h3-5H,6H2,1-2H3,(H2,15,16,17,18). The predicted octanol–water partition coefficient (Wildman–Crippen LogP) is 3.12. The van der Waals surface area contributed by atoms with E-state index in [1.54, 1.807) is 23.1 Å². The second-order valence-corrected chi connectivity index (χ2v) is 5.94. The van der Waals surface area contributed by atoms with E-state index in [4.69, 9.17) is 28.9 Å². The average Bonchev–Trinajstić information content (AvgIpc) is 2.37. The number of thioether (sulfide) groups is 1. The molecule has 0 aliphatic heterocycles. The van der Waals surface area contributed by atoms with Crippen molar-refractivity contribution in [2.75, 3.05) is 24.7 Å². The molecule has 1 heterocycles. The van der Waals surface area contributed by atoms with E-state index in [9.17, 15) is 0 Å². The van der Waals surface area contributed by atoms with Crippen molar-refractivity contribution in [3.63, 3.8) is 0 Å². The highest BCUT2D eigenvalue weighted by Crippen LogP contribution is 2.35. The molecular formula is C12H13Cl2N5S. The maximum absolute atomic E-state index is 6.12. The van der Waals surface area contributed by atoms with Gasteiger partial charge in [-0.1, -0.05) is 29.3 Å². The van der Waals surface area contributed by atoms with Gasteiger partial charge in [-0.25, -0.2) is 0 Å². The lowest BCUT2D eigenvalue weighted by atomic mass is 10.4. The third kappa shape index (κ3) is 3.65. The second kappa shape index (κ2) is 6.47. The molecule has 0 radical (unpaired) electrons. The highest BCUT2D eigenvalue weighted by atomic mass is 35.5. The summed E-state index contributed by atoms with van der Waals surface area (Å²) >= 11 is 13.7. The molecule has 1 aromatic heterocycles. The van der Waals surface area contributed by atoms with E-state index < -0.39 is 0 Å². The Morgan fingerprint density at radius 2 is 1.80 bits per heavy atom. The topological polar surface area (TPSA) is 67.9 Å². The molecule has 0 fully saturated rings. The molecule has 0 unspecified atom stereocenters. The highest BCUT2D eigenvalue weighted by molar-refractivity contribution is 7.98. The van der Waals surface area contributed by atoms with E-state index in [1.165, 1.54) is 11.8 Å². The Balaban J connectivity index is 2.19. The molecule has 20 heavy (non-hydrogen) atoms. The van der Waals surface area contributed by atoms with Crippen LogP contribution in [0.5, 0.6) is 0 Å². The molecule has 2 aromatic rings. The van der Waals surface area contributed by atoms with Gasteiger partial charge in [0.25, 0.3) is 0 Å². The number of anilines is 2. The first-order chi connectivity index (χ1) is 9.47. The second-order valence-electron chi connectivity index (χ2n) is 4.14. The van der Waals surface area contributed by atoms with Crippen molar-refractivity contribution in [3.05, 3.63) is 34.1 Å². The van der Waals surface area contributed by atoms with E-state index >= 15 is 0 Å². The van der Waals surface area contributed by atoms with Crippen LogP contribution in [0.15, 0.2) is 23.1 Å². The fourth-order valence-corrected chi connectivity index (χ4v) is 2.99. The van der Waals surface area contributed by atoms with E-state index in [-0.39, 0.29) is 5.95 Å². The van der Waals surface area contributed by atoms with Crippen LogP contribution >= 0.6 is 35.0 Å². The first kappa shape index (κ1) is 15.2. The van der Waals surface area contributed by atoms with Gasteiger partial charge in [-0.05, 0) is 12.1 Å². The van der Waals surface area contributed by atoms with Gasteiger partial charge in [0.2, 0.25) is 11.9 Å². The first-order valence-corrected chi connectivity index (χ1v) is 7.46. The molecule has 0 saturated carbocycles. The summed E-state index contributed by atoms with van der Waals surface area (Å²) in [4.78, 5) is 15.1. The molecule has 0 amide bonds. The Morgan fingerprint density at radius 1 is 1.15 bits per heavy atom. The van der Waals surface area contributed by atoms with E-state index in [0.717, 1.165) is 4.90 Å². The predicted molar refractivity (Wildman–Crippen MR) is 84.6 cm³/mol. The Hall–Kier alpha value is -1.24. The van der Waals surface area contributed by atoms with Crippen molar-refractivity contribution in [2.45, 2.75) is 10.6 Å². The summed E-state index contributed by atoms with van der Waals surface area (Å²) in [5.41, 5.74) is 5.68. The summed E-state index contributed by atoms with van der Waals surface area (Å²) < 4.78 is 0. The van der Waals surface area contributed by atoms with E-state index in [1.807, 2.05) is 14.1 Å². The Morgan fingerprint density at radius 3 is 2.40 bits per heavy atom. The number of nitrogens with two attached hydrogens (primary N) is 1. The van der Waals surface area contributed by atoms with Gasteiger partial charge in [0, 0.05) is 19.0 Å². The van der Waals surface area contributed by atoms with Crippen LogP contribution in [0.2, 0.25) is 10.0 Å². The molecule has 2 N–H and O–H groups in total. The van der Waals surface area contributed by atoms with Crippen LogP contribution in [0.25, 0.3) is 0 Å². The lowest BCUT2D eigenvalue weighted by Gasteiger charge is -2.11. The number of aromatic nitrogens is 3. The van der Waals surface area contributed by atoms with Crippen molar-refractivity contribution in [2.24, 2.45) is 0 Å². The smallest absolute Gasteiger partial charge is 0.229 e. The summed E-state index contributed by atoms with van der Waals surface area (Å²) in [5.74, 6) is 1.82. The molecular weight excluding hydrogens is 317 g/mol. The summed E-state index contributed by atoms with van der Waals surface area (Å²) in [6.45, 7) is 0. The average molecular weight is 330 g/mol. The third-order valence-corrected chi connectivity index (χ3v) is 4.34. The maximum Gasteiger partial charge on any atom is 0.229 e. The number of nitrogens with zero attached hydrogens (tertiary/aromatic N) is 4. The molecule has 0 saturated heterocycles. The molecule has 0 bridgehead atoms. The Bertz CT molecular complexity index is 601. The lowest BCUT2D eigenvalue weighted by molar-refractivity contribution is 0.919. The summed E-state index contributed by atoms with van der Waals surface area (Å²) in [5, 5.41) is 1.22. The van der Waals surface area contributed by atoms with Crippen molar-refractivity contribution in [1.82, 2.24) is 15.0 Å². The van der Waals surface area contributed by atoms with Gasteiger partial charge in [0.15, 0.2) is 0 Å². The minimum atomic E-state index is 0.199. The van der Waals surface area contributed by atoms with Gasteiger partial charge in [-0.3, -0.25) is 0 Å². The number of nitrogen functional groups attached to an aromatic ring is 1. The van der Waals surface area contributed by atoms with Crippen LogP contribution in [0.1, 0.15) is 5.82 Å². The largest absolute Gasteiger partial charge is 0.368 e. The van der Waals surface area contributed by atoms with Crippen LogP contribution in [-0.2, 0) is 5.75 Å². The fraction of sp³-hybridized carbons (Fsp3) is 0.250. The molecule has 106 valence electrons. The zero-order valence-corrected chi connectivity index (χ0v) is 13.3. The number of hydrogen-bond acceptors (Lipinski definition) is 6. The molecule has 0 aliphatic rings. The van der Waals surface area contributed by atoms with Crippen LogP contribution in [-0.4, -0.2) is 29.0 Å². The number of halogens is 2. The minimum absolute atomic E-state index is 0.199. The lowest BCUT2D eigenvalue weighted by Crippen LogP contribution is -2.15. The third-order valence-electron chi connectivity index (χ3n) is 2.35.